The number of nitrogens with zero attached hydrogens (tertiary/aromatic N) is 1. The highest BCUT2D eigenvalue weighted by atomic mass is 79.9. The molecule has 4 heteroatoms. The molecule has 1 aromatic carbocycles. The van der Waals surface area contributed by atoms with Crippen molar-refractivity contribution in [2.75, 3.05) is 11.9 Å². The molecule has 0 unspecified atom stereocenters. The number of hydrogen-bond donors (Lipinski definition) is 1. The van der Waals surface area contributed by atoms with E-state index in [0.717, 1.165) is 28.0 Å². The van der Waals surface area contributed by atoms with Crippen LogP contribution in [0, 0.1) is 0 Å². The van der Waals surface area contributed by atoms with Gasteiger partial charge in [-0.15, -0.1) is 0 Å². The number of rotatable bonds is 5. The second-order valence-corrected chi connectivity index (χ2v) is 4.77. The van der Waals surface area contributed by atoms with Crippen molar-refractivity contribution in [1.82, 2.24) is 4.98 Å². The standard InChI is InChI=1S/C14H15BrN2O/c1-2-17-13-7-14(9-16-8-13)18-10-11-4-3-5-12(15)6-11/h3-9,17H,2,10H2,1H3. The van der Waals surface area contributed by atoms with E-state index in [1.54, 1.807) is 12.4 Å². The van der Waals surface area contributed by atoms with E-state index >= 15 is 0 Å². The van der Waals surface area contributed by atoms with Gasteiger partial charge in [-0.1, -0.05) is 28.1 Å². The maximum absolute atomic E-state index is 5.71. The zero-order valence-electron chi connectivity index (χ0n) is 10.2. The van der Waals surface area contributed by atoms with Crippen LogP contribution in [-0.4, -0.2) is 11.5 Å². The molecule has 94 valence electrons. The molecule has 2 aromatic rings. The molecule has 0 saturated heterocycles. The third-order valence-corrected chi connectivity index (χ3v) is 2.88. The van der Waals surface area contributed by atoms with Crippen LogP contribution in [0.4, 0.5) is 5.69 Å². The van der Waals surface area contributed by atoms with Gasteiger partial charge in [-0.25, -0.2) is 0 Å². The zero-order valence-corrected chi connectivity index (χ0v) is 11.8. The number of halogens is 1. The molecule has 0 fully saturated rings. The molecule has 0 spiro atoms. The molecule has 0 amide bonds. The lowest BCUT2D eigenvalue weighted by Crippen LogP contribution is -1.99. The van der Waals surface area contributed by atoms with Gasteiger partial charge in [0, 0.05) is 17.1 Å². The van der Waals surface area contributed by atoms with E-state index in [-0.39, 0.29) is 0 Å². The summed E-state index contributed by atoms with van der Waals surface area (Å²) >= 11 is 3.44. The Labute approximate surface area is 115 Å². The molecule has 0 atom stereocenters. The number of ether oxygens (including phenoxy) is 1. The first-order valence-electron chi connectivity index (χ1n) is 5.84. The Hall–Kier alpha value is -1.55. The normalized spacial score (nSPS) is 10.1. The van der Waals surface area contributed by atoms with Gasteiger partial charge in [0.2, 0.25) is 0 Å². The lowest BCUT2D eigenvalue weighted by Gasteiger charge is -2.08. The molecular formula is C14H15BrN2O. The monoisotopic (exact) mass is 306 g/mol. The van der Waals surface area contributed by atoms with Crippen LogP contribution >= 0.6 is 15.9 Å². The summed E-state index contributed by atoms with van der Waals surface area (Å²) in [5.74, 6) is 0.772. The zero-order chi connectivity index (χ0) is 12.8. The minimum Gasteiger partial charge on any atom is -0.487 e. The quantitative estimate of drug-likeness (QED) is 0.911. The number of hydrogen-bond acceptors (Lipinski definition) is 3. The van der Waals surface area contributed by atoms with Crippen molar-refractivity contribution in [3.8, 4) is 5.75 Å². The van der Waals surface area contributed by atoms with Gasteiger partial charge in [-0.05, 0) is 24.6 Å². The molecule has 1 aromatic heterocycles. The fraction of sp³-hybridized carbons (Fsp3) is 0.214. The summed E-state index contributed by atoms with van der Waals surface area (Å²) in [4.78, 5) is 4.14. The van der Waals surface area contributed by atoms with Crippen molar-refractivity contribution in [3.05, 3.63) is 52.8 Å². The molecule has 3 nitrogen and oxygen atoms in total. The molecular weight excluding hydrogens is 292 g/mol. The first kappa shape index (κ1) is 12.9. The van der Waals surface area contributed by atoms with E-state index in [9.17, 15) is 0 Å². The Morgan fingerprint density at radius 3 is 2.94 bits per heavy atom. The van der Waals surface area contributed by atoms with Crippen LogP contribution in [0.25, 0.3) is 0 Å². The van der Waals surface area contributed by atoms with Crippen molar-refractivity contribution in [1.29, 1.82) is 0 Å². The van der Waals surface area contributed by atoms with Gasteiger partial charge in [-0.3, -0.25) is 4.98 Å². The Kier molecular flexibility index (Phi) is 4.59. The predicted molar refractivity (Wildman–Crippen MR) is 76.9 cm³/mol. The van der Waals surface area contributed by atoms with Crippen molar-refractivity contribution in [2.24, 2.45) is 0 Å². The maximum Gasteiger partial charge on any atom is 0.140 e. The summed E-state index contributed by atoms with van der Waals surface area (Å²) in [5.41, 5.74) is 2.10. The fourth-order valence-electron chi connectivity index (χ4n) is 1.59. The average Bonchev–Trinajstić information content (AvgIpc) is 2.37. The Balaban J connectivity index is 1.99. The van der Waals surface area contributed by atoms with Gasteiger partial charge in [0.05, 0.1) is 18.1 Å². The Morgan fingerprint density at radius 2 is 2.17 bits per heavy atom. The van der Waals surface area contributed by atoms with E-state index in [2.05, 4.69) is 33.2 Å². The van der Waals surface area contributed by atoms with E-state index < -0.39 is 0 Å². The SMILES string of the molecule is CCNc1cncc(OCc2cccc(Br)c2)c1. The molecule has 0 aliphatic carbocycles. The van der Waals surface area contributed by atoms with E-state index in [1.165, 1.54) is 0 Å². The number of aromatic nitrogens is 1. The van der Waals surface area contributed by atoms with Crippen molar-refractivity contribution < 1.29 is 4.74 Å². The van der Waals surface area contributed by atoms with Crippen LogP contribution in [0.3, 0.4) is 0 Å². The van der Waals surface area contributed by atoms with Crippen LogP contribution in [0.1, 0.15) is 12.5 Å². The number of pyridine rings is 1. The van der Waals surface area contributed by atoms with Gasteiger partial charge in [0.25, 0.3) is 0 Å². The molecule has 1 heterocycles. The minimum absolute atomic E-state index is 0.538. The largest absolute Gasteiger partial charge is 0.487 e. The van der Waals surface area contributed by atoms with Crippen molar-refractivity contribution in [2.45, 2.75) is 13.5 Å². The highest BCUT2D eigenvalue weighted by Gasteiger charge is 1.99. The summed E-state index contributed by atoms with van der Waals surface area (Å²) in [6.07, 6.45) is 3.51. The van der Waals surface area contributed by atoms with Crippen LogP contribution < -0.4 is 10.1 Å². The molecule has 0 radical (unpaired) electrons. The van der Waals surface area contributed by atoms with Crippen LogP contribution in [-0.2, 0) is 6.61 Å². The first-order chi connectivity index (χ1) is 8.78. The summed E-state index contributed by atoms with van der Waals surface area (Å²) in [7, 11) is 0. The lowest BCUT2D eigenvalue weighted by molar-refractivity contribution is 0.305. The van der Waals surface area contributed by atoms with Gasteiger partial charge >= 0.3 is 0 Å². The van der Waals surface area contributed by atoms with E-state index in [0.29, 0.717) is 6.61 Å². The van der Waals surface area contributed by atoms with Gasteiger partial charge < -0.3 is 10.1 Å². The Morgan fingerprint density at radius 1 is 1.28 bits per heavy atom. The Bertz CT molecular complexity index is 517. The van der Waals surface area contributed by atoms with Crippen molar-refractivity contribution in [3.63, 3.8) is 0 Å². The summed E-state index contributed by atoms with van der Waals surface area (Å²) in [6.45, 7) is 3.46. The van der Waals surface area contributed by atoms with E-state index in [4.69, 9.17) is 4.74 Å². The molecule has 2 rings (SSSR count). The average molecular weight is 307 g/mol. The second-order valence-electron chi connectivity index (χ2n) is 3.86. The van der Waals surface area contributed by atoms with Crippen LogP contribution in [0.2, 0.25) is 0 Å². The first-order valence-corrected chi connectivity index (χ1v) is 6.63. The maximum atomic E-state index is 5.71. The van der Waals surface area contributed by atoms with Gasteiger partial charge in [-0.2, -0.15) is 0 Å². The van der Waals surface area contributed by atoms with Crippen molar-refractivity contribution >= 4 is 21.6 Å². The van der Waals surface area contributed by atoms with Crippen LogP contribution in [0.15, 0.2) is 47.2 Å². The minimum atomic E-state index is 0.538. The lowest BCUT2D eigenvalue weighted by atomic mass is 10.2. The summed E-state index contributed by atoms with van der Waals surface area (Å²) < 4.78 is 6.77. The number of anilines is 1. The molecule has 1 N–H and O–H groups in total. The molecule has 18 heavy (non-hydrogen) atoms. The molecule has 0 aliphatic heterocycles. The van der Waals surface area contributed by atoms with Gasteiger partial charge in [0.1, 0.15) is 12.4 Å². The smallest absolute Gasteiger partial charge is 0.140 e. The number of benzene rings is 1. The predicted octanol–water partition coefficient (Wildman–Crippen LogP) is 3.85. The molecule has 0 aliphatic rings. The summed E-state index contributed by atoms with van der Waals surface area (Å²) in [5, 5.41) is 3.21. The number of nitrogens with one attached hydrogen (secondary N) is 1. The summed E-state index contributed by atoms with van der Waals surface area (Å²) in [6, 6.07) is 10.0. The van der Waals surface area contributed by atoms with Gasteiger partial charge in [0.15, 0.2) is 0 Å². The van der Waals surface area contributed by atoms with E-state index in [1.807, 2.05) is 30.3 Å². The third-order valence-electron chi connectivity index (χ3n) is 2.39. The highest BCUT2D eigenvalue weighted by molar-refractivity contribution is 9.10. The fourth-order valence-corrected chi connectivity index (χ4v) is 2.04. The topological polar surface area (TPSA) is 34.2 Å². The molecule has 0 bridgehead atoms. The highest BCUT2D eigenvalue weighted by Crippen LogP contribution is 2.18. The second kappa shape index (κ2) is 6.40. The van der Waals surface area contributed by atoms with Crippen LogP contribution in [0.5, 0.6) is 5.75 Å². The molecule has 0 saturated carbocycles. The third kappa shape index (κ3) is 3.74.